The molecule has 142 valence electrons. The van der Waals surface area contributed by atoms with Gasteiger partial charge in [-0.25, -0.2) is 4.79 Å². The van der Waals surface area contributed by atoms with E-state index in [1.165, 1.54) is 6.07 Å². The van der Waals surface area contributed by atoms with Crippen molar-refractivity contribution in [3.63, 3.8) is 0 Å². The summed E-state index contributed by atoms with van der Waals surface area (Å²) in [5.41, 5.74) is 2.47. The van der Waals surface area contributed by atoms with Crippen LogP contribution in [-0.4, -0.2) is 17.3 Å². The van der Waals surface area contributed by atoms with Crippen LogP contribution < -0.4 is 15.1 Å². The summed E-state index contributed by atoms with van der Waals surface area (Å²) < 4.78 is 21.8. The second kappa shape index (κ2) is 7.19. The summed E-state index contributed by atoms with van der Waals surface area (Å²) in [5, 5.41) is 4.87. The molecule has 4 rings (SSSR count). The fraction of sp³-hybridized carbons (Fsp3) is 0.190. The minimum atomic E-state index is -0.386. The predicted molar refractivity (Wildman–Crippen MR) is 103 cm³/mol. The number of methoxy groups -OCH3 is 1. The third-order valence-corrected chi connectivity index (χ3v) is 4.49. The Labute approximate surface area is 160 Å². The first-order chi connectivity index (χ1) is 13.6. The summed E-state index contributed by atoms with van der Waals surface area (Å²) in [6.07, 6.45) is 0. The summed E-state index contributed by atoms with van der Waals surface area (Å²) in [4.78, 5) is 16.1. The van der Waals surface area contributed by atoms with Gasteiger partial charge in [-0.3, -0.25) is 0 Å². The number of hydrogen-bond acceptors (Lipinski definition) is 7. The lowest BCUT2D eigenvalue weighted by atomic mass is 10.1. The van der Waals surface area contributed by atoms with E-state index in [0.29, 0.717) is 28.8 Å². The molecule has 0 bridgehead atoms. The maximum absolute atomic E-state index is 11.7. The molecule has 2 aromatic heterocycles. The molecular formula is C21H18N2O5. The molecule has 7 nitrogen and oxygen atoms in total. The van der Waals surface area contributed by atoms with Crippen molar-refractivity contribution in [3.05, 3.63) is 69.9 Å². The molecule has 0 saturated heterocycles. The van der Waals surface area contributed by atoms with Crippen LogP contribution in [0.4, 0.5) is 0 Å². The summed E-state index contributed by atoms with van der Waals surface area (Å²) in [6, 6.07) is 12.6. The Balaban J connectivity index is 1.58. The third-order valence-electron chi connectivity index (χ3n) is 4.49. The number of para-hydroxylation sites is 1. The van der Waals surface area contributed by atoms with Crippen LogP contribution in [-0.2, 0) is 6.61 Å². The largest absolute Gasteiger partial charge is 0.496 e. The molecule has 0 aliphatic carbocycles. The zero-order valence-electron chi connectivity index (χ0n) is 15.7. The van der Waals surface area contributed by atoms with Gasteiger partial charge in [-0.1, -0.05) is 17.3 Å². The van der Waals surface area contributed by atoms with Crippen LogP contribution in [0.5, 0.6) is 11.5 Å². The summed E-state index contributed by atoms with van der Waals surface area (Å²) in [7, 11) is 1.59. The zero-order chi connectivity index (χ0) is 19.7. The van der Waals surface area contributed by atoms with Crippen LogP contribution in [0, 0.1) is 13.8 Å². The molecule has 0 fully saturated rings. The van der Waals surface area contributed by atoms with E-state index >= 15 is 0 Å². The highest BCUT2D eigenvalue weighted by molar-refractivity contribution is 5.84. The molecule has 0 unspecified atom stereocenters. The summed E-state index contributed by atoms with van der Waals surface area (Å²) in [6.45, 7) is 3.80. The number of hydrogen-bond donors (Lipinski definition) is 0. The first-order valence-electron chi connectivity index (χ1n) is 8.69. The van der Waals surface area contributed by atoms with Gasteiger partial charge in [-0.05, 0) is 43.7 Å². The first-order valence-corrected chi connectivity index (χ1v) is 8.69. The maximum atomic E-state index is 11.7. The van der Waals surface area contributed by atoms with Gasteiger partial charge in [0.15, 0.2) is 6.61 Å². The number of rotatable bonds is 5. The van der Waals surface area contributed by atoms with Crippen LogP contribution in [0.25, 0.3) is 22.4 Å². The van der Waals surface area contributed by atoms with Crippen LogP contribution in [0.1, 0.15) is 17.0 Å². The number of nitrogens with zero attached hydrogens (tertiary/aromatic N) is 2. The molecular weight excluding hydrogens is 360 g/mol. The monoisotopic (exact) mass is 378 g/mol. The quantitative estimate of drug-likeness (QED) is 0.484. The van der Waals surface area contributed by atoms with Crippen LogP contribution in [0.3, 0.4) is 0 Å². The SMILES string of the molecule is COc1ccccc1-c1noc(COc2ccc3c(C)cc(=O)oc3c2C)n1. The smallest absolute Gasteiger partial charge is 0.336 e. The second-order valence-electron chi connectivity index (χ2n) is 6.31. The zero-order valence-corrected chi connectivity index (χ0v) is 15.7. The molecule has 0 aliphatic rings. The van der Waals surface area contributed by atoms with Crippen LogP contribution in [0.2, 0.25) is 0 Å². The Morgan fingerprint density at radius 3 is 2.71 bits per heavy atom. The Morgan fingerprint density at radius 2 is 1.89 bits per heavy atom. The summed E-state index contributed by atoms with van der Waals surface area (Å²) in [5.74, 6) is 1.99. The van der Waals surface area contributed by atoms with E-state index in [-0.39, 0.29) is 12.2 Å². The highest BCUT2D eigenvalue weighted by Gasteiger charge is 2.15. The Hall–Kier alpha value is -3.61. The Morgan fingerprint density at radius 1 is 1.07 bits per heavy atom. The average molecular weight is 378 g/mol. The molecule has 0 saturated carbocycles. The highest BCUT2D eigenvalue weighted by Crippen LogP contribution is 2.30. The standard InChI is InChI=1S/C21H18N2O5/c1-12-10-19(24)27-20-13(2)16(9-8-14(12)20)26-11-18-22-21(23-28-18)15-6-4-5-7-17(15)25-3/h4-10H,11H2,1-3H3. The van der Waals surface area contributed by atoms with Gasteiger partial charge >= 0.3 is 5.63 Å². The molecule has 0 atom stereocenters. The van der Waals surface area contributed by atoms with Crippen molar-refractivity contribution < 1.29 is 18.4 Å². The molecule has 0 spiro atoms. The lowest BCUT2D eigenvalue weighted by molar-refractivity contribution is 0.241. The van der Waals surface area contributed by atoms with Gasteiger partial charge in [0.1, 0.15) is 17.1 Å². The van der Waals surface area contributed by atoms with E-state index < -0.39 is 0 Å². The van der Waals surface area contributed by atoms with Gasteiger partial charge in [0.05, 0.1) is 12.7 Å². The fourth-order valence-electron chi connectivity index (χ4n) is 3.05. The van der Waals surface area contributed by atoms with Crippen LogP contribution >= 0.6 is 0 Å². The number of ether oxygens (including phenoxy) is 2. The predicted octanol–water partition coefficient (Wildman–Crippen LogP) is 4.05. The van der Waals surface area contributed by atoms with Crippen molar-refractivity contribution >= 4 is 11.0 Å². The minimum Gasteiger partial charge on any atom is -0.496 e. The topological polar surface area (TPSA) is 87.6 Å². The number of benzene rings is 2. The van der Waals surface area contributed by atoms with Crippen molar-refractivity contribution in [2.75, 3.05) is 7.11 Å². The maximum Gasteiger partial charge on any atom is 0.336 e. The van der Waals surface area contributed by atoms with Crippen LogP contribution in [0.15, 0.2) is 56.2 Å². The van der Waals surface area contributed by atoms with E-state index in [1.54, 1.807) is 7.11 Å². The summed E-state index contributed by atoms with van der Waals surface area (Å²) >= 11 is 0. The highest BCUT2D eigenvalue weighted by atomic mass is 16.5. The molecule has 0 amide bonds. The molecule has 4 aromatic rings. The van der Waals surface area contributed by atoms with Gasteiger partial charge in [0.2, 0.25) is 5.82 Å². The molecule has 2 heterocycles. The Kier molecular flexibility index (Phi) is 4.57. The van der Waals surface area contributed by atoms with Crippen molar-refractivity contribution in [3.8, 4) is 22.9 Å². The first kappa shape index (κ1) is 17.8. The number of aromatic nitrogens is 2. The van der Waals surface area contributed by atoms with Crippen molar-refractivity contribution in [1.29, 1.82) is 0 Å². The molecule has 2 aromatic carbocycles. The van der Waals surface area contributed by atoms with Gasteiger partial charge in [-0.2, -0.15) is 4.98 Å². The van der Waals surface area contributed by atoms with Crippen molar-refractivity contribution in [2.24, 2.45) is 0 Å². The van der Waals surface area contributed by atoms with E-state index in [4.69, 9.17) is 18.4 Å². The molecule has 7 heteroatoms. The lowest BCUT2D eigenvalue weighted by Crippen LogP contribution is -2.01. The van der Waals surface area contributed by atoms with E-state index in [0.717, 1.165) is 22.1 Å². The van der Waals surface area contributed by atoms with Gasteiger partial charge < -0.3 is 18.4 Å². The third kappa shape index (κ3) is 3.22. The minimum absolute atomic E-state index is 0.0878. The normalized spacial score (nSPS) is 11.0. The molecule has 0 radical (unpaired) electrons. The number of aryl methyl sites for hydroxylation is 2. The lowest BCUT2D eigenvalue weighted by Gasteiger charge is -2.09. The van der Waals surface area contributed by atoms with Gasteiger partial charge in [-0.15, -0.1) is 0 Å². The van der Waals surface area contributed by atoms with E-state index in [1.807, 2.05) is 50.2 Å². The van der Waals surface area contributed by atoms with E-state index in [9.17, 15) is 4.79 Å². The number of fused-ring (bicyclic) bond motifs is 1. The fourth-order valence-corrected chi connectivity index (χ4v) is 3.05. The Bertz CT molecular complexity index is 1210. The van der Waals surface area contributed by atoms with Gasteiger partial charge in [0, 0.05) is 17.0 Å². The molecule has 0 N–H and O–H groups in total. The van der Waals surface area contributed by atoms with Crippen molar-refractivity contribution in [1.82, 2.24) is 10.1 Å². The van der Waals surface area contributed by atoms with Crippen molar-refractivity contribution in [2.45, 2.75) is 20.5 Å². The second-order valence-corrected chi connectivity index (χ2v) is 6.31. The van der Waals surface area contributed by atoms with E-state index in [2.05, 4.69) is 10.1 Å². The molecule has 0 aliphatic heterocycles. The van der Waals surface area contributed by atoms with Gasteiger partial charge in [0.25, 0.3) is 5.89 Å². The molecule has 28 heavy (non-hydrogen) atoms. The average Bonchev–Trinajstić information content (AvgIpc) is 3.16.